The fourth-order valence-corrected chi connectivity index (χ4v) is 0.449. The van der Waals surface area contributed by atoms with E-state index in [1.54, 1.807) is 6.92 Å². The normalized spacial score (nSPS) is 17.1. The molecule has 0 aromatic carbocycles. The van der Waals surface area contributed by atoms with Gasteiger partial charge in [-0.1, -0.05) is 12.2 Å². The Labute approximate surface area is 58.4 Å². The van der Waals surface area contributed by atoms with Crippen LogP contribution in [0.2, 0.25) is 0 Å². The highest BCUT2D eigenvalue weighted by molar-refractivity contribution is 5.73. The molecule has 0 aliphatic carbocycles. The maximum Gasteiger partial charge on any atom is 0.335 e. The van der Waals surface area contributed by atoms with E-state index in [9.17, 15) is 4.79 Å². The second-order valence-electron chi connectivity index (χ2n) is 1.80. The van der Waals surface area contributed by atoms with Crippen LogP contribution in [0.25, 0.3) is 0 Å². The molecule has 10 heavy (non-hydrogen) atoms. The molecule has 0 saturated carbocycles. The summed E-state index contributed by atoms with van der Waals surface area (Å²) in [6, 6.07) is 0. The highest BCUT2D eigenvalue weighted by Crippen LogP contribution is 1.94. The summed E-state index contributed by atoms with van der Waals surface area (Å²) in [6.45, 7) is 1.62. The first-order valence-corrected chi connectivity index (χ1v) is 2.81. The number of aliphatic hydroxyl groups excluding tert-OH is 2. The van der Waals surface area contributed by atoms with Crippen molar-refractivity contribution in [3.8, 4) is 0 Å². The van der Waals surface area contributed by atoms with Gasteiger partial charge >= 0.3 is 5.97 Å². The van der Waals surface area contributed by atoms with Crippen molar-refractivity contribution in [2.75, 3.05) is 0 Å². The maximum atomic E-state index is 9.97. The first kappa shape index (κ1) is 9.13. The van der Waals surface area contributed by atoms with Crippen molar-refractivity contribution in [2.45, 2.75) is 19.1 Å². The number of aliphatic hydroxyl groups is 2. The second kappa shape index (κ2) is 4.03. The number of aliphatic carboxylic acids is 1. The van der Waals surface area contributed by atoms with Gasteiger partial charge in [0.15, 0.2) is 6.10 Å². The molecule has 0 aliphatic heterocycles. The van der Waals surface area contributed by atoms with E-state index in [4.69, 9.17) is 15.3 Å². The van der Waals surface area contributed by atoms with Crippen LogP contribution < -0.4 is 0 Å². The zero-order valence-electron chi connectivity index (χ0n) is 5.56. The number of carboxylic acids is 1. The molecule has 0 fully saturated rings. The van der Waals surface area contributed by atoms with Crippen molar-refractivity contribution in [3.05, 3.63) is 12.2 Å². The summed E-state index contributed by atoms with van der Waals surface area (Å²) < 4.78 is 0. The van der Waals surface area contributed by atoms with Gasteiger partial charge in [-0.3, -0.25) is 0 Å². The van der Waals surface area contributed by atoms with Crippen LogP contribution in [-0.4, -0.2) is 33.5 Å². The smallest absolute Gasteiger partial charge is 0.335 e. The van der Waals surface area contributed by atoms with Crippen molar-refractivity contribution in [2.24, 2.45) is 0 Å². The van der Waals surface area contributed by atoms with Gasteiger partial charge in [-0.15, -0.1) is 0 Å². The minimum absolute atomic E-state index is 1.21. The van der Waals surface area contributed by atoms with E-state index in [1.165, 1.54) is 12.2 Å². The van der Waals surface area contributed by atoms with Crippen LogP contribution in [0.3, 0.4) is 0 Å². The summed E-state index contributed by atoms with van der Waals surface area (Å²) in [5, 5.41) is 25.5. The lowest BCUT2D eigenvalue weighted by Crippen LogP contribution is -2.31. The Kier molecular flexibility index (Phi) is 3.68. The summed E-state index contributed by atoms with van der Waals surface area (Å²) in [7, 11) is 0. The maximum absolute atomic E-state index is 9.97. The van der Waals surface area contributed by atoms with Gasteiger partial charge < -0.3 is 15.3 Å². The quantitative estimate of drug-likeness (QED) is 0.463. The SMILES string of the molecule is C/C=C/C(O)C(O)C(=O)O. The number of carboxylic acid groups (broad SMARTS) is 1. The molecule has 0 saturated heterocycles. The molecule has 0 aliphatic rings. The van der Waals surface area contributed by atoms with E-state index < -0.39 is 18.2 Å². The Hall–Kier alpha value is -0.870. The number of allylic oxidation sites excluding steroid dienone is 1. The molecule has 0 aromatic heterocycles. The summed E-state index contributed by atoms with van der Waals surface area (Å²) in [4.78, 5) is 9.97. The minimum Gasteiger partial charge on any atom is -0.479 e. The lowest BCUT2D eigenvalue weighted by Gasteiger charge is -2.07. The minimum atomic E-state index is -1.73. The van der Waals surface area contributed by atoms with Gasteiger partial charge in [0.05, 0.1) is 0 Å². The van der Waals surface area contributed by atoms with Gasteiger partial charge in [-0.25, -0.2) is 4.79 Å². The molecule has 0 radical (unpaired) electrons. The van der Waals surface area contributed by atoms with Gasteiger partial charge in [0.2, 0.25) is 0 Å². The third-order valence-corrected chi connectivity index (χ3v) is 0.966. The Bertz CT molecular complexity index is 141. The first-order valence-electron chi connectivity index (χ1n) is 2.81. The van der Waals surface area contributed by atoms with Crippen LogP contribution >= 0.6 is 0 Å². The van der Waals surface area contributed by atoms with Gasteiger partial charge in [0.25, 0.3) is 0 Å². The lowest BCUT2D eigenvalue weighted by molar-refractivity contribution is -0.150. The molecule has 0 bridgehead atoms. The average Bonchev–Trinajstić information content (AvgIpc) is 1.87. The Morgan fingerprint density at radius 2 is 2.00 bits per heavy atom. The molecule has 2 atom stereocenters. The van der Waals surface area contributed by atoms with Crippen molar-refractivity contribution in [3.63, 3.8) is 0 Å². The molecule has 2 unspecified atom stereocenters. The molecular weight excluding hydrogens is 136 g/mol. The number of hydrogen-bond donors (Lipinski definition) is 3. The van der Waals surface area contributed by atoms with Crippen LogP contribution in [0.1, 0.15) is 6.92 Å². The van der Waals surface area contributed by atoms with Gasteiger partial charge in [-0.2, -0.15) is 0 Å². The number of rotatable bonds is 3. The number of hydrogen-bond acceptors (Lipinski definition) is 3. The van der Waals surface area contributed by atoms with Crippen LogP contribution in [0, 0.1) is 0 Å². The summed E-state index contributed by atoms with van der Waals surface area (Å²) >= 11 is 0. The lowest BCUT2D eigenvalue weighted by atomic mass is 10.2. The molecule has 4 nitrogen and oxygen atoms in total. The fourth-order valence-electron chi connectivity index (χ4n) is 0.449. The van der Waals surface area contributed by atoms with E-state index in [0.717, 1.165) is 0 Å². The highest BCUT2D eigenvalue weighted by Gasteiger charge is 2.20. The standard InChI is InChI=1S/C6H10O4/c1-2-3-4(7)5(8)6(9)10/h2-5,7-8H,1H3,(H,9,10)/b3-2+. The second-order valence-corrected chi connectivity index (χ2v) is 1.80. The summed E-state index contributed by atoms with van der Waals surface area (Å²) in [5.74, 6) is -1.43. The third-order valence-electron chi connectivity index (χ3n) is 0.966. The fraction of sp³-hybridized carbons (Fsp3) is 0.500. The number of carbonyl (C=O) groups is 1. The van der Waals surface area contributed by atoms with E-state index >= 15 is 0 Å². The van der Waals surface area contributed by atoms with Gasteiger partial charge in [0.1, 0.15) is 6.10 Å². The van der Waals surface area contributed by atoms with E-state index in [-0.39, 0.29) is 0 Å². The van der Waals surface area contributed by atoms with Gasteiger partial charge in [-0.05, 0) is 6.92 Å². The predicted octanol–water partition coefficient (Wildman–Crippen LogP) is -0.631. The monoisotopic (exact) mass is 146 g/mol. The molecular formula is C6H10O4. The van der Waals surface area contributed by atoms with Gasteiger partial charge in [0, 0.05) is 0 Å². The molecule has 4 heteroatoms. The van der Waals surface area contributed by atoms with E-state index in [0.29, 0.717) is 0 Å². The van der Waals surface area contributed by atoms with Crippen molar-refractivity contribution in [1.29, 1.82) is 0 Å². The molecule has 3 N–H and O–H groups in total. The largest absolute Gasteiger partial charge is 0.479 e. The zero-order chi connectivity index (χ0) is 8.15. The molecule has 0 rings (SSSR count). The Morgan fingerprint density at radius 3 is 2.30 bits per heavy atom. The average molecular weight is 146 g/mol. The molecule has 0 amide bonds. The summed E-state index contributed by atoms with van der Waals surface area (Å²) in [5.41, 5.74) is 0. The Balaban J connectivity index is 3.93. The first-order chi connectivity index (χ1) is 4.59. The van der Waals surface area contributed by atoms with Crippen LogP contribution in [0.5, 0.6) is 0 Å². The van der Waals surface area contributed by atoms with Crippen molar-refractivity contribution in [1.82, 2.24) is 0 Å². The van der Waals surface area contributed by atoms with Crippen molar-refractivity contribution >= 4 is 5.97 Å². The molecule has 0 heterocycles. The summed E-state index contributed by atoms with van der Waals surface area (Å²) in [6.07, 6.45) is -0.367. The van der Waals surface area contributed by atoms with Crippen LogP contribution in [-0.2, 0) is 4.79 Å². The molecule has 0 aromatic rings. The third kappa shape index (κ3) is 2.61. The van der Waals surface area contributed by atoms with Crippen LogP contribution in [0.4, 0.5) is 0 Å². The van der Waals surface area contributed by atoms with E-state index in [1.807, 2.05) is 0 Å². The van der Waals surface area contributed by atoms with Crippen LogP contribution in [0.15, 0.2) is 12.2 Å². The predicted molar refractivity (Wildman–Crippen MR) is 34.5 cm³/mol. The highest BCUT2D eigenvalue weighted by atomic mass is 16.4. The topological polar surface area (TPSA) is 77.8 Å². The Morgan fingerprint density at radius 1 is 1.50 bits per heavy atom. The molecule has 0 spiro atoms. The zero-order valence-corrected chi connectivity index (χ0v) is 5.56. The van der Waals surface area contributed by atoms with E-state index in [2.05, 4.69) is 0 Å². The molecule has 58 valence electrons. The van der Waals surface area contributed by atoms with Crippen molar-refractivity contribution < 1.29 is 20.1 Å².